The largest absolute Gasteiger partial charge is 0.490 e. The molecular formula is C19H16N2O2S2. The number of amides is 1. The summed E-state index contributed by atoms with van der Waals surface area (Å²) in [5.41, 5.74) is 1.80. The first-order valence-corrected chi connectivity index (χ1v) is 9.33. The molecule has 2 aromatic heterocycles. The molecule has 0 saturated heterocycles. The molecule has 0 aliphatic heterocycles. The minimum atomic E-state index is -0.209. The van der Waals surface area contributed by atoms with Gasteiger partial charge in [-0.2, -0.15) is 0 Å². The Bertz CT molecular complexity index is 865. The average Bonchev–Trinajstić information content (AvgIpc) is 3.30. The predicted octanol–water partition coefficient (Wildman–Crippen LogP) is 5.09. The van der Waals surface area contributed by atoms with Crippen molar-refractivity contribution in [3.8, 4) is 16.3 Å². The van der Waals surface area contributed by atoms with Crippen molar-refractivity contribution >= 4 is 39.8 Å². The summed E-state index contributed by atoms with van der Waals surface area (Å²) in [7, 11) is 0. The molecule has 3 aromatic rings. The van der Waals surface area contributed by atoms with Gasteiger partial charge in [-0.25, -0.2) is 4.98 Å². The molecule has 1 N–H and O–H groups in total. The van der Waals surface area contributed by atoms with E-state index >= 15 is 0 Å². The zero-order valence-corrected chi connectivity index (χ0v) is 15.0. The number of carbonyl (C=O) groups is 1. The van der Waals surface area contributed by atoms with Gasteiger partial charge in [0.1, 0.15) is 12.4 Å². The molecular weight excluding hydrogens is 352 g/mol. The van der Waals surface area contributed by atoms with Crippen LogP contribution < -0.4 is 10.1 Å². The number of nitrogens with zero attached hydrogens (tertiary/aromatic N) is 1. The molecule has 0 radical (unpaired) electrons. The van der Waals surface area contributed by atoms with Gasteiger partial charge < -0.3 is 4.74 Å². The number of thiazole rings is 1. The van der Waals surface area contributed by atoms with Crippen LogP contribution in [0.1, 0.15) is 5.56 Å². The van der Waals surface area contributed by atoms with E-state index in [2.05, 4.69) is 16.9 Å². The van der Waals surface area contributed by atoms with Crippen molar-refractivity contribution in [1.82, 2.24) is 4.98 Å². The maximum absolute atomic E-state index is 12.0. The van der Waals surface area contributed by atoms with Crippen molar-refractivity contribution in [3.05, 3.63) is 71.5 Å². The van der Waals surface area contributed by atoms with E-state index in [0.29, 0.717) is 11.7 Å². The minimum Gasteiger partial charge on any atom is -0.490 e. The number of carbonyl (C=O) groups excluding carboxylic acids is 1. The van der Waals surface area contributed by atoms with E-state index in [4.69, 9.17) is 4.74 Å². The van der Waals surface area contributed by atoms with Gasteiger partial charge in [0, 0.05) is 11.5 Å². The van der Waals surface area contributed by atoms with E-state index in [1.807, 2.05) is 47.2 Å². The highest BCUT2D eigenvalue weighted by Gasteiger charge is 2.06. The molecule has 1 amide bonds. The highest BCUT2D eigenvalue weighted by molar-refractivity contribution is 7.16. The molecule has 4 nitrogen and oxygen atoms in total. The first-order chi connectivity index (χ1) is 12.2. The molecule has 6 heteroatoms. The summed E-state index contributed by atoms with van der Waals surface area (Å²) >= 11 is 3.04. The van der Waals surface area contributed by atoms with Gasteiger partial charge >= 0.3 is 0 Å². The van der Waals surface area contributed by atoms with Crippen molar-refractivity contribution in [2.45, 2.75) is 0 Å². The summed E-state index contributed by atoms with van der Waals surface area (Å²) in [6, 6.07) is 11.5. The summed E-state index contributed by atoms with van der Waals surface area (Å²) in [6.07, 6.45) is 4.94. The smallest absolute Gasteiger partial charge is 0.250 e. The molecule has 0 saturated carbocycles. The van der Waals surface area contributed by atoms with E-state index in [0.717, 1.165) is 21.9 Å². The van der Waals surface area contributed by atoms with Crippen LogP contribution in [0.15, 0.2) is 65.9 Å². The van der Waals surface area contributed by atoms with E-state index in [-0.39, 0.29) is 5.91 Å². The average molecular weight is 368 g/mol. The molecule has 1 aromatic carbocycles. The molecule has 0 fully saturated rings. The Morgan fingerprint density at radius 2 is 2.08 bits per heavy atom. The molecule has 126 valence electrons. The van der Waals surface area contributed by atoms with E-state index in [9.17, 15) is 4.79 Å². The molecule has 0 bridgehead atoms. The Morgan fingerprint density at radius 1 is 1.24 bits per heavy atom. The van der Waals surface area contributed by atoms with Gasteiger partial charge in [-0.15, -0.1) is 22.7 Å². The minimum absolute atomic E-state index is 0.209. The number of rotatable bonds is 7. The second kappa shape index (κ2) is 8.41. The maximum atomic E-state index is 12.0. The van der Waals surface area contributed by atoms with Gasteiger partial charge in [-0.05, 0) is 35.2 Å². The zero-order chi connectivity index (χ0) is 17.5. The molecule has 2 heterocycles. The van der Waals surface area contributed by atoms with Crippen molar-refractivity contribution in [3.63, 3.8) is 0 Å². The first kappa shape index (κ1) is 17.1. The summed E-state index contributed by atoms with van der Waals surface area (Å²) in [5.74, 6) is 0.560. The molecule has 0 aliphatic carbocycles. The molecule has 0 unspecified atom stereocenters. The summed E-state index contributed by atoms with van der Waals surface area (Å²) < 4.78 is 5.42. The van der Waals surface area contributed by atoms with Gasteiger partial charge in [-0.1, -0.05) is 30.9 Å². The van der Waals surface area contributed by atoms with Gasteiger partial charge in [0.2, 0.25) is 5.91 Å². The fourth-order valence-electron chi connectivity index (χ4n) is 2.02. The monoisotopic (exact) mass is 368 g/mol. The predicted molar refractivity (Wildman–Crippen MR) is 105 cm³/mol. The molecule has 25 heavy (non-hydrogen) atoms. The summed E-state index contributed by atoms with van der Waals surface area (Å²) in [6.45, 7) is 4.08. The van der Waals surface area contributed by atoms with Crippen LogP contribution in [0.5, 0.6) is 5.75 Å². The molecule has 0 spiro atoms. The highest BCUT2D eigenvalue weighted by Crippen LogP contribution is 2.28. The van der Waals surface area contributed by atoms with Crippen LogP contribution in [0.4, 0.5) is 5.13 Å². The SMILES string of the molecule is C=CCOc1ccc(/C=C/C(=O)Nc2nc(-c3cccs3)cs2)cc1. The number of ether oxygens (including phenoxy) is 1. The quantitative estimate of drug-likeness (QED) is 0.467. The van der Waals surface area contributed by atoms with Crippen LogP contribution in [0.25, 0.3) is 16.6 Å². The molecule has 0 atom stereocenters. The molecule has 3 rings (SSSR count). The number of thiophene rings is 1. The first-order valence-electron chi connectivity index (χ1n) is 7.57. The summed E-state index contributed by atoms with van der Waals surface area (Å²) in [4.78, 5) is 17.5. The van der Waals surface area contributed by atoms with Gasteiger partial charge in [0.25, 0.3) is 0 Å². The third-order valence-corrected chi connectivity index (χ3v) is 4.83. The Labute approximate surface area is 154 Å². The van der Waals surface area contributed by atoms with Crippen molar-refractivity contribution in [1.29, 1.82) is 0 Å². The lowest BCUT2D eigenvalue weighted by Gasteiger charge is -2.02. The van der Waals surface area contributed by atoms with Crippen LogP contribution in [0, 0.1) is 0 Å². The van der Waals surface area contributed by atoms with E-state index in [1.54, 1.807) is 23.5 Å². The van der Waals surface area contributed by atoms with Gasteiger partial charge in [0.15, 0.2) is 5.13 Å². The Kier molecular flexibility index (Phi) is 5.77. The van der Waals surface area contributed by atoms with Gasteiger partial charge in [-0.3, -0.25) is 10.1 Å². The lowest BCUT2D eigenvalue weighted by atomic mass is 10.2. The van der Waals surface area contributed by atoms with Crippen molar-refractivity contribution < 1.29 is 9.53 Å². The van der Waals surface area contributed by atoms with Gasteiger partial charge in [0.05, 0.1) is 10.6 Å². The number of aromatic nitrogens is 1. The Morgan fingerprint density at radius 3 is 2.80 bits per heavy atom. The lowest BCUT2D eigenvalue weighted by Crippen LogP contribution is -2.07. The normalized spacial score (nSPS) is 10.7. The van der Waals surface area contributed by atoms with Crippen LogP contribution in [0.2, 0.25) is 0 Å². The number of benzene rings is 1. The second-order valence-corrected chi connectivity index (χ2v) is 6.81. The maximum Gasteiger partial charge on any atom is 0.250 e. The highest BCUT2D eigenvalue weighted by atomic mass is 32.1. The second-order valence-electron chi connectivity index (χ2n) is 5.01. The van der Waals surface area contributed by atoms with Crippen molar-refractivity contribution in [2.24, 2.45) is 0 Å². The number of nitrogens with one attached hydrogen (secondary N) is 1. The Balaban J connectivity index is 1.57. The number of anilines is 1. The number of hydrogen-bond donors (Lipinski definition) is 1. The third kappa shape index (κ3) is 4.89. The molecule has 0 aliphatic rings. The van der Waals surface area contributed by atoms with Crippen LogP contribution in [-0.4, -0.2) is 17.5 Å². The standard InChI is InChI=1S/C19H16N2O2S2/c1-2-11-23-15-8-5-14(6-9-15)7-10-18(22)21-19-20-16(13-25-19)17-4-3-12-24-17/h2-10,12-13H,1,11H2,(H,20,21,22)/b10-7+. The zero-order valence-electron chi connectivity index (χ0n) is 13.3. The van der Waals surface area contributed by atoms with E-state index in [1.165, 1.54) is 17.4 Å². The van der Waals surface area contributed by atoms with E-state index < -0.39 is 0 Å². The van der Waals surface area contributed by atoms with Crippen LogP contribution in [-0.2, 0) is 4.79 Å². The topological polar surface area (TPSA) is 51.2 Å². The Hall–Kier alpha value is -2.70. The summed E-state index contributed by atoms with van der Waals surface area (Å²) in [5, 5.41) is 7.31. The van der Waals surface area contributed by atoms with Crippen LogP contribution in [0.3, 0.4) is 0 Å². The lowest BCUT2D eigenvalue weighted by molar-refractivity contribution is -0.111. The van der Waals surface area contributed by atoms with Crippen LogP contribution >= 0.6 is 22.7 Å². The number of hydrogen-bond acceptors (Lipinski definition) is 5. The third-order valence-electron chi connectivity index (χ3n) is 3.18. The fraction of sp³-hybridized carbons (Fsp3) is 0.0526. The fourth-order valence-corrected chi connectivity index (χ4v) is 3.49. The van der Waals surface area contributed by atoms with Crippen molar-refractivity contribution in [2.75, 3.05) is 11.9 Å².